The predicted octanol–water partition coefficient (Wildman–Crippen LogP) is 2.48. The number of hydrogen-bond acceptors (Lipinski definition) is 6. The van der Waals surface area contributed by atoms with Crippen molar-refractivity contribution in [2.45, 2.75) is 39.3 Å². The summed E-state index contributed by atoms with van der Waals surface area (Å²) in [6, 6.07) is 4.44. The van der Waals surface area contributed by atoms with Gasteiger partial charge in [0.05, 0.1) is 17.4 Å². The fourth-order valence-corrected chi connectivity index (χ4v) is 3.03. The molecule has 0 amide bonds. The topological polar surface area (TPSA) is 58.3 Å². The largest absolute Gasteiger partial charge is 0.363 e. The first kappa shape index (κ1) is 15.0. The predicted molar refractivity (Wildman–Crippen MR) is 84.7 cm³/mol. The first-order valence-electron chi connectivity index (χ1n) is 7.72. The van der Waals surface area contributed by atoms with Crippen LogP contribution >= 0.6 is 0 Å². The van der Waals surface area contributed by atoms with Gasteiger partial charge in [-0.1, -0.05) is 5.16 Å². The maximum Gasteiger partial charge on any atom is 0.133 e. The molecule has 3 heterocycles. The molecule has 1 aliphatic heterocycles. The summed E-state index contributed by atoms with van der Waals surface area (Å²) in [4.78, 5) is 13.6. The third-order valence-electron chi connectivity index (χ3n) is 4.05. The molecule has 6 heteroatoms. The van der Waals surface area contributed by atoms with E-state index < -0.39 is 0 Å². The number of aromatic nitrogens is 3. The van der Waals surface area contributed by atoms with E-state index in [-0.39, 0.29) is 0 Å². The molecule has 2 aromatic heterocycles. The highest BCUT2D eigenvalue weighted by Gasteiger charge is 2.28. The van der Waals surface area contributed by atoms with E-state index in [9.17, 15) is 0 Å². The average Bonchev–Trinajstić information content (AvgIpc) is 3.08. The molecule has 1 aliphatic rings. The Bertz CT molecular complexity index is 652. The second kappa shape index (κ2) is 6.04. The van der Waals surface area contributed by atoms with Crippen LogP contribution in [0.25, 0.3) is 0 Å². The zero-order chi connectivity index (χ0) is 15.7. The van der Waals surface area contributed by atoms with Gasteiger partial charge in [0, 0.05) is 32.8 Å². The third-order valence-corrected chi connectivity index (χ3v) is 4.05. The van der Waals surface area contributed by atoms with Crippen molar-refractivity contribution in [2.24, 2.45) is 0 Å². The smallest absolute Gasteiger partial charge is 0.133 e. The minimum atomic E-state index is 0.331. The zero-order valence-corrected chi connectivity index (χ0v) is 13.7. The summed E-state index contributed by atoms with van der Waals surface area (Å²) in [6.45, 7) is 5.76. The maximum atomic E-state index is 5.18. The minimum Gasteiger partial charge on any atom is -0.363 e. The Kier molecular flexibility index (Phi) is 4.11. The fourth-order valence-electron chi connectivity index (χ4n) is 3.03. The second-order valence-electron chi connectivity index (χ2n) is 6.15. The molecule has 3 rings (SSSR count). The zero-order valence-electron chi connectivity index (χ0n) is 13.7. The van der Waals surface area contributed by atoms with E-state index in [0.29, 0.717) is 6.04 Å². The van der Waals surface area contributed by atoms with Crippen LogP contribution in [-0.2, 0) is 6.54 Å². The van der Waals surface area contributed by atoms with E-state index in [1.54, 1.807) is 0 Å². The molecule has 0 saturated carbocycles. The molecule has 1 saturated heterocycles. The fraction of sp³-hybridized carbons (Fsp3) is 0.562. The average molecular weight is 301 g/mol. The van der Waals surface area contributed by atoms with Crippen molar-refractivity contribution in [1.29, 1.82) is 0 Å². The monoisotopic (exact) mass is 301 g/mol. The molecule has 2 aromatic rings. The van der Waals surface area contributed by atoms with Crippen LogP contribution in [0.1, 0.15) is 41.9 Å². The lowest BCUT2D eigenvalue weighted by atomic mass is 10.1. The normalized spacial score (nSPS) is 18.8. The van der Waals surface area contributed by atoms with Gasteiger partial charge in [-0.3, -0.25) is 4.90 Å². The van der Waals surface area contributed by atoms with Gasteiger partial charge in [-0.15, -0.1) is 0 Å². The Hall–Kier alpha value is -1.95. The summed E-state index contributed by atoms with van der Waals surface area (Å²) >= 11 is 0. The van der Waals surface area contributed by atoms with Gasteiger partial charge in [0.2, 0.25) is 0 Å². The maximum absolute atomic E-state index is 5.18. The van der Waals surface area contributed by atoms with E-state index in [1.807, 2.05) is 38.9 Å². The van der Waals surface area contributed by atoms with Crippen molar-refractivity contribution in [1.82, 2.24) is 20.0 Å². The second-order valence-corrected chi connectivity index (χ2v) is 6.15. The van der Waals surface area contributed by atoms with Crippen LogP contribution in [0.5, 0.6) is 0 Å². The van der Waals surface area contributed by atoms with Crippen LogP contribution in [0.15, 0.2) is 16.7 Å². The van der Waals surface area contributed by atoms with Gasteiger partial charge in [0.25, 0.3) is 0 Å². The van der Waals surface area contributed by atoms with Crippen molar-refractivity contribution in [3.8, 4) is 0 Å². The van der Waals surface area contributed by atoms with E-state index in [4.69, 9.17) is 4.52 Å². The van der Waals surface area contributed by atoms with Gasteiger partial charge in [0.1, 0.15) is 17.4 Å². The molecular weight excluding hydrogens is 278 g/mol. The van der Waals surface area contributed by atoms with Crippen molar-refractivity contribution in [3.63, 3.8) is 0 Å². The van der Waals surface area contributed by atoms with Crippen molar-refractivity contribution < 1.29 is 4.52 Å². The molecule has 1 atom stereocenters. The van der Waals surface area contributed by atoms with Gasteiger partial charge in [-0.2, -0.15) is 0 Å². The molecule has 118 valence electrons. The Morgan fingerprint density at radius 3 is 2.77 bits per heavy atom. The highest BCUT2D eigenvalue weighted by Crippen LogP contribution is 2.33. The number of aryl methyl sites for hydroxylation is 2. The number of anilines is 1. The van der Waals surface area contributed by atoms with Crippen LogP contribution in [0, 0.1) is 13.8 Å². The number of hydrogen-bond donors (Lipinski definition) is 0. The molecule has 1 fully saturated rings. The highest BCUT2D eigenvalue weighted by atomic mass is 16.5. The summed E-state index contributed by atoms with van der Waals surface area (Å²) in [5.74, 6) is 2.65. The Balaban J connectivity index is 1.83. The molecular formula is C16H23N5O. The van der Waals surface area contributed by atoms with E-state index >= 15 is 0 Å². The summed E-state index contributed by atoms with van der Waals surface area (Å²) in [5, 5.41) is 4.11. The number of nitrogens with zero attached hydrogens (tertiary/aromatic N) is 5. The van der Waals surface area contributed by atoms with E-state index in [0.717, 1.165) is 48.3 Å². The van der Waals surface area contributed by atoms with Crippen molar-refractivity contribution in [3.05, 3.63) is 35.1 Å². The lowest BCUT2D eigenvalue weighted by Gasteiger charge is -2.24. The molecule has 0 aliphatic carbocycles. The summed E-state index contributed by atoms with van der Waals surface area (Å²) in [6.07, 6.45) is 2.31. The van der Waals surface area contributed by atoms with Crippen LogP contribution in [0.3, 0.4) is 0 Å². The van der Waals surface area contributed by atoms with Gasteiger partial charge < -0.3 is 9.42 Å². The molecule has 6 nitrogen and oxygen atoms in total. The van der Waals surface area contributed by atoms with Gasteiger partial charge in [-0.25, -0.2) is 9.97 Å². The summed E-state index contributed by atoms with van der Waals surface area (Å²) < 4.78 is 5.18. The van der Waals surface area contributed by atoms with Crippen molar-refractivity contribution >= 4 is 5.82 Å². The first-order valence-corrected chi connectivity index (χ1v) is 7.72. The number of rotatable bonds is 4. The van der Waals surface area contributed by atoms with Crippen molar-refractivity contribution in [2.75, 3.05) is 25.5 Å². The van der Waals surface area contributed by atoms with Gasteiger partial charge >= 0.3 is 0 Å². The quantitative estimate of drug-likeness (QED) is 0.864. The van der Waals surface area contributed by atoms with Gasteiger partial charge in [-0.05, 0) is 33.2 Å². The van der Waals surface area contributed by atoms with Crippen LogP contribution < -0.4 is 4.90 Å². The molecule has 0 spiro atoms. The third kappa shape index (κ3) is 3.11. The van der Waals surface area contributed by atoms with Crippen LogP contribution in [0.4, 0.5) is 5.82 Å². The van der Waals surface area contributed by atoms with Gasteiger partial charge in [0.15, 0.2) is 0 Å². The van der Waals surface area contributed by atoms with Crippen LogP contribution in [-0.4, -0.2) is 40.7 Å². The van der Waals surface area contributed by atoms with E-state index in [1.165, 1.54) is 6.42 Å². The summed E-state index contributed by atoms with van der Waals surface area (Å²) in [5.41, 5.74) is 2.09. The molecule has 0 aromatic carbocycles. The Morgan fingerprint density at radius 1 is 1.27 bits per heavy atom. The molecule has 22 heavy (non-hydrogen) atoms. The number of likely N-dealkylation sites (tertiary alicyclic amines) is 1. The summed E-state index contributed by atoms with van der Waals surface area (Å²) in [7, 11) is 4.02. The lowest BCUT2D eigenvalue weighted by molar-refractivity contribution is 0.236. The minimum absolute atomic E-state index is 0.331. The SMILES string of the molecule is Cc1nc([C@@H]2CCCN2Cc2cc(C)on2)cc(N(C)C)n1. The molecule has 0 N–H and O–H groups in total. The molecule has 0 radical (unpaired) electrons. The Morgan fingerprint density at radius 2 is 2.09 bits per heavy atom. The van der Waals surface area contributed by atoms with Crippen LogP contribution in [0.2, 0.25) is 0 Å². The lowest BCUT2D eigenvalue weighted by Crippen LogP contribution is -2.24. The molecule has 0 unspecified atom stereocenters. The first-order chi connectivity index (χ1) is 10.5. The molecule has 0 bridgehead atoms. The standard InChI is InChI=1S/C16H23N5O/c1-11-8-13(19-22-11)10-21-7-5-6-15(21)14-9-16(20(3)4)18-12(2)17-14/h8-9,15H,5-7,10H2,1-4H3/t15-/m0/s1. The highest BCUT2D eigenvalue weighted by molar-refractivity contribution is 5.38. The van der Waals surface area contributed by atoms with E-state index in [2.05, 4.69) is 26.1 Å². The Labute approximate surface area is 131 Å².